The summed E-state index contributed by atoms with van der Waals surface area (Å²) in [5.74, 6) is 0.413. The summed E-state index contributed by atoms with van der Waals surface area (Å²) in [6.07, 6.45) is 1.64. The molecule has 1 aromatic carbocycles. The molecule has 0 aliphatic rings. The van der Waals surface area contributed by atoms with Crippen LogP contribution in [-0.2, 0) is 10.0 Å². The normalized spacial score (nSPS) is 14.5. The molecule has 5 nitrogen and oxygen atoms in total. The summed E-state index contributed by atoms with van der Waals surface area (Å²) in [4.78, 5) is 14.4. The number of amides is 1. The zero-order valence-electron chi connectivity index (χ0n) is 15.5. The fraction of sp³-hybridized carbons (Fsp3) is 0.611. The Morgan fingerprint density at radius 3 is 2.12 bits per heavy atom. The van der Waals surface area contributed by atoms with Gasteiger partial charge in [0.05, 0.1) is 4.90 Å². The van der Waals surface area contributed by atoms with Crippen molar-refractivity contribution in [1.82, 2.24) is 9.62 Å². The van der Waals surface area contributed by atoms with Gasteiger partial charge in [-0.15, -0.1) is 0 Å². The third-order valence-electron chi connectivity index (χ3n) is 4.17. The average molecular weight is 355 g/mol. The SMILES string of the molecule is CC[C@H](C)NS(=O)(=O)c1ccc(C(=O)N(C)[C@H](C)CC(C)C)cc1. The van der Waals surface area contributed by atoms with Crippen LogP contribution in [0.4, 0.5) is 0 Å². The van der Waals surface area contributed by atoms with E-state index in [1.54, 1.807) is 24.1 Å². The van der Waals surface area contributed by atoms with Crippen LogP contribution in [0.25, 0.3) is 0 Å². The van der Waals surface area contributed by atoms with Crippen LogP contribution in [-0.4, -0.2) is 38.4 Å². The number of benzene rings is 1. The van der Waals surface area contributed by atoms with Crippen LogP contribution in [0, 0.1) is 5.92 Å². The highest BCUT2D eigenvalue weighted by molar-refractivity contribution is 7.89. The van der Waals surface area contributed by atoms with Crippen LogP contribution in [0.5, 0.6) is 0 Å². The number of hydrogen-bond acceptors (Lipinski definition) is 3. The first kappa shape index (κ1) is 20.6. The fourth-order valence-electron chi connectivity index (χ4n) is 2.44. The van der Waals surface area contributed by atoms with Gasteiger partial charge in [0.1, 0.15) is 0 Å². The van der Waals surface area contributed by atoms with E-state index in [4.69, 9.17) is 0 Å². The Bertz CT molecular complexity index is 639. The number of sulfonamides is 1. The predicted molar refractivity (Wildman–Crippen MR) is 97.5 cm³/mol. The first-order chi connectivity index (χ1) is 11.1. The molecule has 1 amide bonds. The fourth-order valence-corrected chi connectivity index (χ4v) is 3.76. The number of hydrogen-bond donors (Lipinski definition) is 1. The van der Waals surface area contributed by atoms with Gasteiger partial charge in [0.2, 0.25) is 10.0 Å². The third-order valence-corrected chi connectivity index (χ3v) is 5.78. The van der Waals surface area contributed by atoms with Crippen molar-refractivity contribution in [2.75, 3.05) is 7.05 Å². The van der Waals surface area contributed by atoms with Gasteiger partial charge in [-0.2, -0.15) is 0 Å². The average Bonchev–Trinajstić information content (AvgIpc) is 2.52. The van der Waals surface area contributed by atoms with Crippen molar-refractivity contribution in [3.8, 4) is 0 Å². The van der Waals surface area contributed by atoms with Gasteiger partial charge in [0.25, 0.3) is 5.91 Å². The third kappa shape index (κ3) is 5.60. The summed E-state index contributed by atoms with van der Waals surface area (Å²) >= 11 is 0. The van der Waals surface area contributed by atoms with Crippen molar-refractivity contribution in [2.45, 2.75) is 64.4 Å². The second-order valence-electron chi connectivity index (χ2n) is 6.85. The lowest BCUT2D eigenvalue weighted by Crippen LogP contribution is -2.36. The largest absolute Gasteiger partial charge is 0.339 e. The molecule has 0 saturated carbocycles. The summed E-state index contributed by atoms with van der Waals surface area (Å²) in [5.41, 5.74) is 0.496. The van der Waals surface area contributed by atoms with Crippen LogP contribution >= 0.6 is 0 Å². The summed E-state index contributed by atoms with van der Waals surface area (Å²) < 4.78 is 27.1. The standard InChI is InChI=1S/C18H30N2O3S/c1-7-14(4)19-24(22,23)17-10-8-16(9-11-17)18(21)20(6)15(5)12-13(2)3/h8-11,13-15,19H,7,12H2,1-6H3/t14-,15+/m0/s1. The molecule has 0 spiro atoms. The van der Waals surface area contributed by atoms with Gasteiger partial charge in [-0.05, 0) is 56.9 Å². The zero-order chi connectivity index (χ0) is 18.5. The van der Waals surface area contributed by atoms with E-state index >= 15 is 0 Å². The molecule has 2 atom stereocenters. The van der Waals surface area contributed by atoms with Gasteiger partial charge in [0, 0.05) is 24.7 Å². The predicted octanol–water partition coefficient (Wildman–Crippen LogP) is 3.27. The lowest BCUT2D eigenvalue weighted by atomic mass is 10.0. The van der Waals surface area contributed by atoms with E-state index in [2.05, 4.69) is 18.6 Å². The number of carbonyl (C=O) groups excluding carboxylic acids is 1. The molecule has 0 radical (unpaired) electrons. The Kier molecular flexibility index (Phi) is 7.42. The van der Waals surface area contributed by atoms with E-state index in [9.17, 15) is 13.2 Å². The number of rotatable bonds is 8. The minimum absolute atomic E-state index is 0.0954. The Morgan fingerprint density at radius 2 is 1.67 bits per heavy atom. The minimum atomic E-state index is -3.54. The molecule has 0 heterocycles. The highest BCUT2D eigenvalue weighted by Gasteiger charge is 2.20. The van der Waals surface area contributed by atoms with Gasteiger partial charge in [-0.3, -0.25) is 4.79 Å². The maximum absolute atomic E-state index is 12.5. The van der Waals surface area contributed by atoms with Gasteiger partial charge >= 0.3 is 0 Å². The zero-order valence-corrected chi connectivity index (χ0v) is 16.4. The summed E-state index contributed by atoms with van der Waals surface area (Å²) in [5, 5.41) is 0. The quantitative estimate of drug-likeness (QED) is 0.779. The van der Waals surface area contributed by atoms with Crippen molar-refractivity contribution in [3.05, 3.63) is 29.8 Å². The maximum atomic E-state index is 12.5. The minimum Gasteiger partial charge on any atom is -0.339 e. The van der Waals surface area contributed by atoms with Gasteiger partial charge in [-0.1, -0.05) is 20.8 Å². The van der Waals surface area contributed by atoms with Crippen LogP contribution in [0.2, 0.25) is 0 Å². The molecule has 0 unspecified atom stereocenters. The van der Waals surface area contributed by atoms with Crippen LogP contribution in [0.15, 0.2) is 29.2 Å². The topological polar surface area (TPSA) is 66.5 Å². The van der Waals surface area contributed by atoms with Crippen molar-refractivity contribution in [2.24, 2.45) is 5.92 Å². The first-order valence-electron chi connectivity index (χ1n) is 8.48. The van der Waals surface area contributed by atoms with E-state index in [0.29, 0.717) is 17.9 Å². The molecule has 0 saturated heterocycles. The molecule has 0 aliphatic carbocycles. The molecule has 0 fully saturated rings. The number of nitrogens with zero attached hydrogens (tertiary/aromatic N) is 1. The summed E-state index contributed by atoms with van der Waals surface area (Å²) in [7, 11) is -1.76. The van der Waals surface area contributed by atoms with E-state index < -0.39 is 10.0 Å². The summed E-state index contributed by atoms with van der Waals surface area (Å²) in [6.45, 7) is 10.0. The Hall–Kier alpha value is -1.40. The second-order valence-corrected chi connectivity index (χ2v) is 8.56. The van der Waals surface area contributed by atoms with Gasteiger partial charge in [0.15, 0.2) is 0 Å². The molecule has 0 aliphatic heterocycles. The van der Waals surface area contributed by atoms with E-state index in [1.807, 2.05) is 20.8 Å². The van der Waals surface area contributed by atoms with Crippen molar-refractivity contribution in [1.29, 1.82) is 0 Å². The van der Waals surface area contributed by atoms with Crippen LogP contribution < -0.4 is 4.72 Å². The molecular weight excluding hydrogens is 324 g/mol. The van der Waals surface area contributed by atoms with Crippen molar-refractivity contribution >= 4 is 15.9 Å². The number of carbonyl (C=O) groups is 1. The molecule has 1 aromatic rings. The second kappa shape index (κ2) is 8.62. The molecule has 1 N–H and O–H groups in total. The molecule has 6 heteroatoms. The Balaban J connectivity index is 2.89. The highest BCUT2D eigenvalue weighted by Crippen LogP contribution is 2.16. The van der Waals surface area contributed by atoms with Crippen molar-refractivity contribution in [3.63, 3.8) is 0 Å². The van der Waals surface area contributed by atoms with Crippen LogP contribution in [0.1, 0.15) is 57.8 Å². The molecule has 24 heavy (non-hydrogen) atoms. The number of nitrogens with one attached hydrogen (secondary N) is 1. The summed E-state index contributed by atoms with van der Waals surface area (Å²) in [6, 6.07) is 6.13. The van der Waals surface area contributed by atoms with E-state index in [0.717, 1.165) is 6.42 Å². The smallest absolute Gasteiger partial charge is 0.253 e. The molecule has 0 aromatic heterocycles. The molecular formula is C18H30N2O3S. The monoisotopic (exact) mass is 354 g/mol. The lowest BCUT2D eigenvalue weighted by molar-refractivity contribution is 0.0728. The van der Waals surface area contributed by atoms with Crippen LogP contribution in [0.3, 0.4) is 0 Å². The highest BCUT2D eigenvalue weighted by atomic mass is 32.2. The van der Waals surface area contributed by atoms with E-state index in [-0.39, 0.29) is 22.9 Å². The lowest BCUT2D eigenvalue weighted by Gasteiger charge is -2.26. The Morgan fingerprint density at radius 1 is 1.12 bits per heavy atom. The molecule has 136 valence electrons. The maximum Gasteiger partial charge on any atom is 0.253 e. The van der Waals surface area contributed by atoms with Gasteiger partial charge < -0.3 is 4.90 Å². The molecule has 0 bridgehead atoms. The first-order valence-corrected chi connectivity index (χ1v) is 9.96. The molecule has 1 rings (SSSR count). The van der Waals surface area contributed by atoms with E-state index in [1.165, 1.54) is 12.1 Å². The van der Waals surface area contributed by atoms with Crippen molar-refractivity contribution < 1.29 is 13.2 Å². The Labute approximate surface area is 146 Å². The van der Waals surface area contributed by atoms with Gasteiger partial charge in [-0.25, -0.2) is 13.1 Å².